The number of rotatable bonds is 7. The molecule has 1 heterocycles. The standard InChI is InChI=1S/C22H27ClN2O2/c1-16-7-5-8-18(13-16)14-25(15-19-9-6-12-24-19)22(26)17(2)27-21-11-4-3-10-20(21)23/h3-5,7-8,10-11,13,17,19,24H,6,9,12,14-15H2,1-2H3/t17?,19-/m1/s1. The SMILES string of the molecule is Cc1cccc(CN(C[C@H]2CCCN2)C(=O)C(C)Oc2ccccc2Cl)c1. The quantitative estimate of drug-likeness (QED) is 0.775. The highest BCUT2D eigenvalue weighted by Crippen LogP contribution is 2.25. The molecule has 0 bridgehead atoms. The summed E-state index contributed by atoms with van der Waals surface area (Å²) in [6, 6.07) is 15.9. The zero-order valence-electron chi connectivity index (χ0n) is 16.0. The third-order valence-corrected chi connectivity index (χ3v) is 5.17. The molecule has 144 valence electrons. The number of carbonyl (C=O) groups is 1. The molecule has 1 aliphatic rings. The maximum absolute atomic E-state index is 13.2. The van der Waals surface area contributed by atoms with E-state index < -0.39 is 6.10 Å². The maximum Gasteiger partial charge on any atom is 0.263 e. The number of halogens is 1. The van der Waals surface area contributed by atoms with Crippen molar-refractivity contribution >= 4 is 17.5 Å². The van der Waals surface area contributed by atoms with Crippen LogP contribution in [0.15, 0.2) is 48.5 Å². The van der Waals surface area contributed by atoms with Crippen LogP contribution in [-0.2, 0) is 11.3 Å². The van der Waals surface area contributed by atoms with Gasteiger partial charge < -0.3 is 15.0 Å². The van der Waals surface area contributed by atoms with Crippen LogP contribution in [-0.4, -0.2) is 36.0 Å². The van der Waals surface area contributed by atoms with Gasteiger partial charge in [-0.1, -0.05) is 53.6 Å². The molecule has 1 saturated heterocycles. The average molecular weight is 387 g/mol. The van der Waals surface area contributed by atoms with Crippen molar-refractivity contribution in [2.45, 2.75) is 45.4 Å². The van der Waals surface area contributed by atoms with Crippen LogP contribution in [0.4, 0.5) is 0 Å². The van der Waals surface area contributed by atoms with Gasteiger partial charge in [-0.05, 0) is 50.9 Å². The van der Waals surface area contributed by atoms with Crippen LogP contribution in [0.2, 0.25) is 5.02 Å². The van der Waals surface area contributed by atoms with E-state index in [2.05, 4.69) is 30.4 Å². The number of hydrogen-bond acceptors (Lipinski definition) is 3. The molecule has 2 aromatic carbocycles. The van der Waals surface area contributed by atoms with E-state index in [1.165, 1.54) is 5.56 Å². The number of nitrogens with zero attached hydrogens (tertiary/aromatic N) is 1. The lowest BCUT2D eigenvalue weighted by atomic mass is 10.1. The van der Waals surface area contributed by atoms with Crippen LogP contribution in [0.1, 0.15) is 30.9 Å². The van der Waals surface area contributed by atoms with E-state index in [0.717, 1.165) is 24.9 Å². The Kier molecular flexibility index (Phi) is 6.75. The van der Waals surface area contributed by atoms with Gasteiger partial charge in [0.05, 0.1) is 5.02 Å². The number of aryl methyl sites for hydroxylation is 1. The molecular weight excluding hydrogens is 360 g/mol. The van der Waals surface area contributed by atoms with E-state index >= 15 is 0 Å². The first-order valence-corrected chi connectivity index (χ1v) is 9.89. The second-order valence-corrected chi connectivity index (χ2v) is 7.60. The van der Waals surface area contributed by atoms with Crippen LogP contribution in [0.3, 0.4) is 0 Å². The van der Waals surface area contributed by atoms with Crippen molar-refractivity contribution in [2.24, 2.45) is 0 Å². The molecule has 27 heavy (non-hydrogen) atoms. The van der Waals surface area contributed by atoms with Crippen molar-refractivity contribution < 1.29 is 9.53 Å². The molecule has 0 aromatic heterocycles. The summed E-state index contributed by atoms with van der Waals surface area (Å²) in [5.74, 6) is 0.514. The molecule has 5 heteroatoms. The molecule has 1 amide bonds. The van der Waals surface area contributed by atoms with Gasteiger partial charge >= 0.3 is 0 Å². The number of para-hydroxylation sites is 1. The Bertz CT molecular complexity index is 774. The van der Waals surface area contributed by atoms with E-state index in [0.29, 0.717) is 29.9 Å². The summed E-state index contributed by atoms with van der Waals surface area (Å²) >= 11 is 6.18. The molecule has 2 aromatic rings. The topological polar surface area (TPSA) is 41.6 Å². The predicted molar refractivity (Wildman–Crippen MR) is 109 cm³/mol. The first kappa shape index (κ1) is 19.7. The average Bonchev–Trinajstić information content (AvgIpc) is 3.15. The zero-order chi connectivity index (χ0) is 19.2. The maximum atomic E-state index is 13.2. The highest BCUT2D eigenvalue weighted by Gasteiger charge is 2.26. The fourth-order valence-electron chi connectivity index (χ4n) is 3.48. The van der Waals surface area contributed by atoms with Crippen molar-refractivity contribution in [3.8, 4) is 5.75 Å². The molecule has 1 fully saturated rings. The highest BCUT2D eigenvalue weighted by atomic mass is 35.5. The van der Waals surface area contributed by atoms with E-state index in [1.54, 1.807) is 19.1 Å². The number of nitrogens with one attached hydrogen (secondary N) is 1. The second kappa shape index (κ2) is 9.25. The second-order valence-electron chi connectivity index (χ2n) is 7.19. The van der Waals surface area contributed by atoms with Crippen molar-refractivity contribution in [2.75, 3.05) is 13.1 Å². The van der Waals surface area contributed by atoms with E-state index in [9.17, 15) is 4.79 Å². The van der Waals surface area contributed by atoms with Gasteiger partial charge in [-0.25, -0.2) is 0 Å². The Morgan fingerprint density at radius 3 is 2.81 bits per heavy atom. The normalized spacial score (nSPS) is 17.5. The molecule has 0 radical (unpaired) electrons. The zero-order valence-corrected chi connectivity index (χ0v) is 16.7. The van der Waals surface area contributed by atoms with Crippen LogP contribution < -0.4 is 10.1 Å². The Morgan fingerprint density at radius 1 is 1.30 bits per heavy atom. The highest BCUT2D eigenvalue weighted by molar-refractivity contribution is 6.32. The molecule has 0 spiro atoms. The van der Waals surface area contributed by atoms with Crippen molar-refractivity contribution in [3.63, 3.8) is 0 Å². The summed E-state index contributed by atoms with van der Waals surface area (Å²) in [6.07, 6.45) is 1.65. The van der Waals surface area contributed by atoms with Gasteiger partial charge in [0.15, 0.2) is 6.10 Å². The number of amides is 1. The first-order valence-electron chi connectivity index (χ1n) is 9.52. The van der Waals surface area contributed by atoms with Gasteiger partial charge in [-0.15, -0.1) is 0 Å². The summed E-state index contributed by atoms with van der Waals surface area (Å²) in [7, 11) is 0. The summed E-state index contributed by atoms with van der Waals surface area (Å²) in [5, 5.41) is 3.99. The molecule has 3 rings (SSSR count). The van der Waals surface area contributed by atoms with Gasteiger partial charge in [-0.3, -0.25) is 4.79 Å². The molecular formula is C22H27ClN2O2. The number of carbonyl (C=O) groups excluding carboxylic acids is 1. The molecule has 1 unspecified atom stereocenters. The lowest BCUT2D eigenvalue weighted by Gasteiger charge is -2.29. The lowest BCUT2D eigenvalue weighted by Crippen LogP contribution is -2.45. The summed E-state index contributed by atoms with van der Waals surface area (Å²) in [4.78, 5) is 15.1. The van der Waals surface area contributed by atoms with Crippen LogP contribution in [0.25, 0.3) is 0 Å². The summed E-state index contributed by atoms with van der Waals surface area (Å²) in [5.41, 5.74) is 2.32. The van der Waals surface area contributed by atoms with Gasteiger partial charge in [-0.2, -0.15) is 0 Å². The van der Waals surface area contributed by atoms with E-state index in [4.69, 9.17) is 16.3 Å². The number of ether oxygens (including phenoxy) is 1. The minimum Gasteiger partial charge on any atom is -0.479 e. The number of hydrogen-bond donors (Lipinski definition) is 1. The van der Waals surface area contributed by atoms with Gasteiger partial charge in [0, 0.05) is 19.1 Å². The van der Waals surface area contributed by atoms with Crippen molar-refractivity contribution in [3.05, 3.63) is 64.7 Å². The summed E-state index contributed by atoms with van der Waals surface area (Å²) < 4.78 is 5.87. The van der Waals surface area contributed by atoms with Gasteiger partial charge in [0.2, 0.25) is 0 Å². The Labute approximate surface area is 166 Å². The van der Waals surface area contributed by atoms with Gasteiger partial charge in [0.1, 0.15) is 5.75 Å². The molecule has 2 atom stereocenters. The lowest BCUT2D eigenvalue weighted by molar-refractivity contribution is -0.139. The minimum absolute atomic E-state index is 0.0230. The molecule has 0 saturated carbocycles. The monoisotopic (exact) mass is 386 g/mol. The fourth-order valence-corrected chi connectivity index (χ4v) is 3.66. The van der Waals surface area contributed by atoms with Crippen molar-refractivity contribution in [1.29, 1.82) is 0 Å². The Hall–Kier alpha value is -2.04. The predicted octanol–water partition coefficient (Wildman–Crippen LogP) is 4.20. The van der Waals surface area contributed by atoms with Crippen LogP contribution >= 0.6 is 11.6 Å². The molecule has 1 aliphatic heterocycles. The van der Waals surface area contributed by atoms with E-state index in [1.807, 2.05) is 23.1 Å². The van der Waals surface area contributed by atoms with E-state index in [-0.39, 0.29) is 5.91 Å². The molecule has 4 nitrogen and oxygen atoms in total. The largest absolute Gasteiger partial charge is 0.479 e. The Morgan fingerprint density at radius 2 is 2.11 bits per heavy atom. The van der Waals surface area contributed by atoms with Gasteiger partial charge in [0.25, 0.3) is 5.91 Å². The Balaban J connectivity index is 1.73. The first-order chi connectivity index (χ1) is 13.0. The molecule has 0 aliphatic carbocycles. The number of benzene rings is 2. The fraction of sp³-hybridized carbons (Fsp3) is 0.409. The van der Waals surface area contributed by atoms with Crippen LogP contribution in [0.5, 0.6) is 5.75 Å². The third-order valence-electron chi connectivity index (χ3n) is 4.86. The minimum atomic E-state index is -0.601. The smallest absolute Gasteiger partial charge is 0.263 e. The van der Waals surface area contributed by atoms with Crippen LogP contribution in [0, 0.1) is 6.92 Å². The van der Waals surface area contributed by atoms with Crippen molar-refractivity contribution in [1.82, 2.24) is 10.2 Å². The molecule has 1 N–H and O–H groups in total. The summed E-state index contributed by atoms with van der Waals surface area (Å²) in [6.45, 7) is 6.13. The third kappa shape index (κ3) is 5.47.